The third-order valence-electron chi connectivity index (χ3n) is 1.85. The van der Waals surface area contributed by atoms with E-state index in [0.29, 0.717) is 25.6 Å². The fourth-order valence-electron chi connectivity index (χ4n) is 1.10. The van der Waals surface area contributed by atoms with Crippen molar-refractivity contribution in [3.63, 3.8) is 0 Å². The maximum absolute atomic E-state index is 13.0. The van der Waals surface area contributed by atoms with E-state index in [1.54, 1.807) is 12.1 Å². The van der Waals surface area contributed by atoms with Gasteiger partial charge in [-0.1, -0.05) is 13.0 Å². The van der Waals surface area contributed by atoms with Gasteiger partial charge in [0.2, 0.25) is 0 Å². The summed E-state index contributed by atoms with van der Waals surface area (Å²) < 4.78 is 23.5. The molecule has 0 bridgehead atoms. The molecule has 3 nitrogen and oxygen atoms in total. The van der Waals surface area contributed by atoms with Gasteiger partial charge < -0.3 is 15.2 Å². The van der Waals surface area contributed by atoms with E-state index in [0.717, 1.165) is 6.42 Å². The second-order valence-corrected chi connectivity index (χ2v) is 3.11. The molecule has 0 aromatic heterocycles. The number of rotatable bonds is 6. The number of nitrogen functional groups attached to an aromatic ring is 1. The van der Waals surface area contributed by atoms with E-state index in [1.807, 2.05) is 6.92 Å². The van der Waals surface area contributed by atoms with Crippen LogP contribution in [0.5, 0.6) is 5.75 Å². The number of hydrogen-bond donors (Lipinski definition) is 1. The van der Waals surface area contributed by atoms with Crippen LogP contribution in [0.1, 0.15) is 13.3 Å². The van der Waals surface area contributed by atoms with E-state index in [2.05, 4.69) is 0 Å². The second-order valence-electron chi connectivity index (χ2n) is 3.11. The van der Waals surface area contributed by atoms with Crippen LogP contribution in [0.4, 0.5) is 10.1 Å². The highest BCUT2D eigenvalue weighted by Gasteiger charge is 2.04. The predicted octanol–water partition coefficient (Wildman–Crippen LogP) is 2.21. The minimum absolute atomic E-state index is 0.0491. The first-order valence-electron chi connectivity index (χ1n) is 5.00. The zero-order chi connectivity index (χ0) is 11.1. The Labute approximate surface area is 89.0 Å². The molecule has 15 heavy (non-hydrogen) atoms. The van der Waals surface area contributed by atoms with Crippen molar-refractivity contribution in [3.8, 4) is 5.75 Å². The molecule has 1 aromatic carbocycles. The smallest absolute Gasteiger partial charge is 0.149 e. The Bertz CT molecular complexity index is 305. The van der Waals surface area contributed by atoms with Crippen molar-refractivity contribution in [2.75, 3.05) is 25.6 Å². The van der Waals surface area contributed by atoms with Crippen molar-refractivity contribution in [3.05, 3.63) is 24.0 Å². The summed E-state index contributed by atoms with van der Waals surface area (Å²) >= 11 is 0. The fourth-order valence-corrected chi connectivity index (χ4v) is 1.10. The molecule has 0 aliphatic carbocycles. The van der Waals surface area contributed by atoms with Crippen LogP contribution in [0, 0.1) is 5.82 Å². The molecule has 0 atom stereocenters. The van der Waals surface area contributed by atoms with Crippen molar-refractivity contribution >= 4 is 5.69 Å². The van der Waals surface area contributed by atoms with Crippen molar-refractivity contribution in [2.24, 2.45) is 0 Å². The number of para-hydroxylation sites is 1. The maximum Gasteiger partial charge on any atom is 0.149 e. The molecule has 0 heterocycles. The topological polar surface area (TPSA) is 44.5 Å². The highest BCUT2D eigenvalue weighted by Crippen LogP contribution is 2.23. The Hall–Kier alpha value is -1.29. The summed E-state index contributed by atoms with van der Waals surface area (Å²) in [5.41, 5.74) is 5.53. The molecule has 0 fully saturated rings. The van der Waals surface area contributed by atoms with Gasteiger partial charge >= 0.3 is 0 Å². The first-order valence-corrected chi connectivity index (χ1v) is 5.00. The molecular formula is C11H16FNO2. The van der Waals surface area contributed by atoms with Crippen LogP contribution in [0.3, 0.4) is 0 Å². The number of nitrogens with two attached hydrogens (primary N) is 1. The molecule has 0 spiro atoms. The minimum atomic E-state index is -0.457. The quantitative estimate of drug-likeness (QED) is 0.582. The summed E-state index contributed by atoms with van der Waals surface area (Å²) in [6.45, 7) is 3.62. The normalized spacial score (nSPS) is 10.3. The Morgan fingerprint density at radius 1 is 1.27 bits per heavy atom. The van der Waals surface area contributed by atoms with E-state index < -0.39 is 5.82 Å². The summed E-state index contributed by atoms with van der Waals surface area (Å²) in [5.74, 6) is -0.0860. The van der Waals surface area contributed by atoms with Crippen LogP contribution in [0.15, 0.2) is 18.2 Å². The molecule has 84 valence electrons. The molecule has 0 unspecified atom stereocenters. The number of hydrogen-bond acceptors (Lipinski definition) is 3. The first kappa shape index (κ1) is 11.8. The highest BCUT2D eigenvalue weighted by atomic mass is 19.1. The second kappa shape index (κ2) is 6.24. The standard InChI is InChI=1S/C11H16FNO2/c1-2-6-14-7-8-15-10-5-3-4-9(12)11(10)13/h3-5H,2,6-8,13H2,1H3. The van der Waals surface area contributed by atoms with E-state index in [1.165, 1.54) is 6.07 Å². The van der Waals surface area contributed by atoms with Crippen LogP contribution in [0.2, 0.25) is 0 Å². The number of halogens is 1. The average Bonchev–Trinajstić information content (AvgIpc) is 2.24. The Balaban J connectivity index is 2.34. The zero-order valence-electron chi connectivity index (χ0n) is 8.83. The third kappa shape index (κ3) is 3.75. The monoisotopic (exact) mass is 213 g/mol. The summed E-state index contributed by atoms with van der Waals surface area (Å²) in [7, 11) is 0. The molecule has 0 saturated heterocycles. The molecule has 0 aliphatic rings. The lowest BCUT2D eigenvalue weighted by molar-refractivity contribution is 0.101. The van der Waals surface area contributed by atoms with Crippen LogP contribution in [0.25, 0.3) is 0 Å². The van der Waals surface area contributed by atoms with E-state index in [4.69, 9.17) is 15.2 Å². The molecule has 1 aromatic rings. The van der Waals surface area contributed by atoms with Gasteiger partial charge in [0, 0.05) is 6.61 Å². The summed E-state index contributed by atoms with van der Waals surface area (Å²) in [4.78, 5) is 0. The lowest BCUT2D eigenvalue weighted by Crippen LogP contribution is -2.08. The highest BCUT2D eigenvalue weighted by molar-refractivity contribution is 5.53. The van der Waals surface area contributed by atoms with E-state index >= 15 is 0 Å². The average molecular weight is 213 g/mol. The van der Waals surface area contributed by atoms with Crippen LogP contribution in [-0.4, -0.2) is 19.8 Å². The van der Waals surface area contributed by atoms with Crippen LogP contribution in [-0.2, 0) is 4.74 Å². The van der Waals surface area contributed by atoms with E-state index in [9.17, 15) is 4.39 Å². The maximum atomic E-state index is 13.0. The number of ether oxygens (including phenoxy) is 2. The fraction of sp³-hybridized carbons (Fsp3) is 0.455. The lowest BCUT2D eigenvalue weighted by Gasteiger charge is -2.09. The molecule has 0 saturated carbocycles. The summed E-state index contributed by atoms with van der Waals surface area (Å²) in [6.07, 6.45) is 0.974. The zero-order valence-corrected chi connectivity index (χ0v) is 8.83. The van der Waals surface area contributed by atoms with Gasteiger partial charge in [0.15, 0.2) is 0 Å². The van der Waals surface area contributed by atoms with Gasteiger partial charge in [0.05, 0.1) is 6.61 Å². The SMILES string of the molecule is CCCOCCOc1cccc(F)c1N. The summed E-state index contributed by atoms with van der Waals surface area (Å²) in [6, 6.07) is 4.50. The van der Waals surface area contributed by atoms with Gasteiger partial charge in [-0.25, -0.2) is 4.39 Å². The van der Waals surface area contributed by atoms with E-state index in [-0.39, 0.29) is 5.69 Å². The van der Waals surface area contributed by atoms with Crippen molar-refractivity contribution in [2.45, 2.75) is 13.3 Å². The third-order valence-corrected chi connectivity index (χ3v) is 1.85. The van der Waals surface area contributed by atoms with Gasteiger partial charge in [0.1, 0.15) is 23.9 Å². The lowest BCUT2D eigenvalue weighted by atomic mass is 10.3. The molecule has 2 N–H and O–H groups in total. The first-order chi connectivity index (χ1) is 7.25. The molecule has 4 heteroatoms. The van der Waals surface area contributed by atoms with Crippen molar-refractivity contribution < 1.29 is 13.9 Å². The Morgan fingerprint density at radius 3 is 2.80 bits per heavy atom. The molecule has 0 radical (unpaired) electrons. The number of anilines is 1. The molecule has 0 aliphatic heterocycles. The van der Waals surface area contributed by atoms with Crippen molar-refractivity contribution in [1.82, 2.24) is 0 Å². The Morgan fingerprint density at radius 2 is 2.07 bits per heavy atom. The van der Waals surface area contributed by atoms with Gasteiger partial charge in [0.25, 0.3) is 0 Å². The van der Waals surface area contributed by atoms with Gasteiger partial charge in [-0.15, -0.1) is 0 Å². The molecular weight excluding hydrogens is 197 g/mol. The molecule has 1 rings (SSSR count). The summed E-state index contributed by atoms with van der Waals surface area (Å²) in [5, 5.41) is 0. The van der Waals surface area contributed by atoms with Crippen molar-refractivity contribution in [1.29, 1.82) is 0 Å². The largest absolute Gasteiger partial charge is 0.489 e. The van der Waals surface area contributed by atoms with Gasteiger partial charge in [-0.3, -0.25) is 0 Å². The van der Waals surface area contributed by atoms with Gasteiger partial charge in [-0.2, -0.15) is 0 Å². The minimum Gasteiger partial charge on any atom is -0.489 e. The van der Waals surface area contributed by atoms with Gasteiger partial charge in [-0.05, 0) is 18.6 Å². The Kier molecular flexibility index (Phi) is 4.90. The van der Waals surface area contributed by atoms with Crippen LogP contribution < -0.4 is 10.5 Å². The van der Waals surface area contributed by atoms with Crippen LogP contribution >= 0.6 is 0 Å². The predicted molar refractivity (Wildman–Crippen MR) is 57.4 cm³/mol. The molecule has 0 amide bonds. The number of benzene rings is 1.